The number of aromatic nitrogens is 2. The SMILES string of the molecule is CCn1c(N)[n+](CC(O)COc2ccc(C)cc2)c2ccccc21.[Cl-]. The number of rotatable bonds is 6. The summed E-state index contributed by atoms with van der Waals surface area (Å²) in [7, 11) is 0. The Bertz CT molecular complexity index is 831. The molecule has 1 aromatic heterocycles. The van der Waals surface area contributed by atoms with Gasteiger partial charge in [-0.1, -0.05) is 29.8 Å². The maximum absolute atomic E-state index is 10.4. The number of hydrogen-bond donors (Lipinski definition) is 2. The average molecular weight is 362 g/mol. The molecule has 3 rings (SSSR count). The molecule has 1 unspecified atom stereocenters. The molecule has 1 heterocycles. The number of aryl methyl sites for hydroxylation is 2. The van der Waals surface area contributed by atoms with Crippen LogP contribution in [0.1, 0.15) is 12.5 Å². The van der Waals surface area contributed by atoms with E-state index in [0.717, 1.165) is 23.3 Å². The average Bonchev–Trinajstić information content (AvgIpc) is 2.86. The van der Waals surface area contributed by atoms with Gasteiger partial charge >= 0.3 is 5.95 Å². The molecule has 0 bridgehead atoms. The summed E-state index contributed by atoms with van der Waals surface area (Å²) in [6.45, 7) is 5.49. The zero-order valence-corrected chi connectivity index (χ0v) is 15.3. The Hall–Kier alpha value is -2.24. The van der Waals surface area contributed by atoms with Crippen LogP contribution in [0.15, 0.2) is 48.5 Å². The van der Waals surface area contributed by atoms with Crippen molar-refractivity contribution in [1.82, 2.24) is 4.57 Å². The molecule has 0 amide bonds. The highest BCUT2D eigenvalue weighted by atomic mass is 35.5. The van der Waals surface area contributed by atoms with Crippen molar-refractivity contribution in [3.63, 3.8) is 0 Å². The molecule has 134 valence electrons. The number of nitrogen functional groups attached to an aromatic ring is 1. The van der Waals surface area contributed by atoms with Crippen LogP contribution in [0.25, 0.3) is 11.0 Å². The molecule has 0 aliphatic heterocycles. The molecule has 6 heteroatoms. The summed E-state index contributed by atoms with van der Waals surface area (Å²) in [5.41, 5.74) is 9.55. The second kappa shape index (κ2) is 8.23. The molecule has 0 saturated carbocycles. The van der Waals surface area contributed by atoms with Crippen molar-refractivity contribution in [2.75, 3.05) is 12.3 Å². The van der Waals surface area contributed by atoms with Crippen LogP contribution >= 0.6 is 0 Å². The number of nitrogens with zero attached hydrogens (tertiary/aromatic N) is 2. The Kier molecular flexibility index (Phi) is 6.28. The molecule has 0 fully saturated rings. The Morgan fingerprint density at radius 2 is 1.84 bits per heavy atom. The Balaban J connectivity index is 0.00000225. The molecule has 0 aliphatic rings. The number of benzene rings is 2. The van der Waals surface area contributed by atoms with Gasteiger partial charge in [0.05, 0.1) is 6.54 Å². The predicted molar refractivity (Wildman–Crippen MR) is 94.9 cm³/mol. The van der Waals surface area contributed by atoms with E-state index in [1.54, 1.807) is 0 Å². The molecule has 1 atom stereocenters. The summed E-state index contributed by atoms with van der Waals surface area (Å²) < 4.78 is 9.66. The lowest BCUT2D eigenvalue weighted by molar-refractivity contribution is -0.665. The van der Waals surface area contributed by atoms with Crippen molar-refractivity contribution in [2.24, 2.45) is 0 Å². The number of nitrogens with two attached hydrogens (primary N) is 1. The predicted octanol–water partition coefficient (Wildman–Crippen LogP) is -0.717. The number of hydrogen-bond acceptors (Lipinski definition) is 3. The molecule has 2 aromatic carbocycles. The van der Waals surface area contributed by atoms with E-state index in [9.17, 15) is 5.11 Å². The van der Waals surface area contributed by atoms with Gasteiger partial charge in [-0.2, -0.15) is 0 Å². The summed E-state index contributed by atoms with van der Waals surface area (Å²) in [6, 6.07) is 15.8. The second-order valence-corrected chi connectivity index (χ2v) is 5.98. The second-order valence-electron chi connectivity index (χ2n) is 5.98. The van der Waals surface area contributed by atoms with Crippen molar-refractivity contribution in [1.29, 1.82) is 0 Å². The number of ether oxygens (including phenoxy) is 1. The van der Waals surface area contributed by atoms with Gasteiger partial charge in [0.1, 0.15) is 36.0 Å². The number of aliphatic hydroxyl groups excluding tert-OH is 1. The van der Waals surface area contributed by atoms with Crippen LogP contribution in [0.5, 0.6) is 5.75 Å². The van der Waals surface area contributed by atoms with Crippen LogP contribution in [0.4, 0.5) is 5.95 Å². The van der Waals surface area contributed by atoms with E-state index in [4.69, 9.17) is 10.5 Å². The molecule has 0 spiro atoms. The van der Waals surface area contributed by atoms with Gasteiger partial charge in [0.2, 0.25) is 0 Å². The van der Waals surface area contributed by atoms with Gasteiger partial charge < -0.3 is 22.3 Å². The van der Waals surface area contributed by atoms with Crippen LogP contribution in [-0.4, -0.2) is 22.4 Å². The van der Waals surface area contributed by atoms with Crippen molar-refractivity contribution in [3.05, 3.63) is 54.1 Å². The highest BCUT2D eigenvalue weighted by molar-refractivity contribution is 5.73. The third-order valence-electron chi connectivity index (χ3n) is 4.19. The fourth-order valence-corrected chi connectivity index (χ4v) is 2.93. The number of imidazole rings is 1. The van der Waals surface area contributed by atoms with Crippen LogP contribution in [0, 0.1) is 6.92 Å². The lowest BCUT2D eigenvalue weighted by Crippen LogP contribution is -3.00. The van der Waals surface area contributed by atoms with Crippen LogP contribution in [-0.2, 0) is 13.1 Å². The fourth-order valence-electron chi connectivity index (χ4n) is 2.93. The van der Waals surface area contributed by atoms with E-state index in [1.165, 1.54) is 5.56 Å². The van der Waals surface area contributed by atoms with Crippen molar-refractivity contribution >= 4 is 17.0 Å². The first-order valence-electron chi connectivity index (χ1n) is 8.24. The highest BCUT2D eigenvalue weighted by Crippen LogP contribution is 2.16. The molecular weight excluding hydrogens is 338 g/mol. The lowest BCUT2D eigenvalue weighted by atomic mass is 10.2. The van der Waals surface area contributed by atoms with E-state index < -0.39 is 6.10 Å². The number of para-hydroxylation sites is 2. The molecular formula is C19H24ClN3O2. The van der Waals surface area contributed by atoms with E-state index in [0.29, 0.717) is 12.5 Å². The highest BCUT2D eigenvalue weighted by Gasteiger charge is 2.22. The quantitative estimate of drug-likeness (QED) is 0.570. The zero-order valence-electron chi connectivity index (χ0n) is 14.5. The molecule has 0 saturated heterocycles. The minimum absolute atomic E-state index is 0. The normalized spacial score (nSPS) is 12.0. The molecule has 0 radical (unpaired) electrons. The third kappa shape index (κ3) is 4.06. The van der Waals surface area contributed by atoms with Gasteiger partial charge in [-0.25, -0.2) is 9.13 Å². The van der Waals surface area contributed by atoms with E-state index >= 15 is 0 Å². The summed E-state index contributed by atoms with van der Waals surface area (Å²) in [5, 5.41) is 10.4. The van der Waals surface area contributed by atoms with Gasteiger partial charge in [0.15, 0.2) is 0 Å². The molecule has 25 heavy (non-hydrogen) atoms. The van der Waals surface area contributed by atoms with Crippen molar-refractivity contribution in [3.8, 4) is 5.75 Å². The lowest BCUT2D eigenvalue weighted by Gasteiger charge is -2.12. The fraction of sp³-hybridized carbons (Fsp3) is 0.316. The van der Waals surface area contributed by atoms with Crippen molar-refractivity contribution in [2.45, 2.75) is 33.0 Å². The molecule has 5 nitrogen and oxygen atoms in total. The number of fused-ring (bicyclic) bond motifs is 1. The minimum atomic E-state index is -0.644. The van der Waals surface area contributed by atoms with Gasteiger partial charge in [0, 0.05) is 0 Å². The first-order valence-corrected chi connectivity index (χ1v) is 8.24. The maximum Gasteiger partial charge on any atom is 0.356 e. The number of aliphatic hydroxyl groups is 1. The molecule has 3 aromatic rings. The Labute approximate surface area is 154 Å². The third-order valence-corrected chi connectivity index (χ3v) is 4.19. The Morgan fingerprint density at radius 3 is 2.52 bits per heavy atom. The zero-order chi connectivity index (χ0) is 17.1. The standard InChI is InChI=1S/C19H23N3O2.ClH/c1-3-21-17-6-4-5-7-18(17)22(19(21)20)12-15(23)13-24-16-10-8-14(2)9-11-16;/h4-11,15,20,23H,3,12-13H2,1-2H3;1H. The van der Waals surface area contributed by atoms with Crippen LogP contribution in [0.3, 0.4) is 0 Å². The van der Waals surface area contributed by atoms with Gasteiger partial charge in [-0.3, -0.25) is 5.73 Å². The van der Waals surface area contributed by atoms with E-state index in [-0.39, 0.29) is 19.0 Å². The maximum atomic E-state index is 10.4. The van der Waals surface area contributed by atoms with Crippen LogP contribution in [0.2, 0.25) is 0 Å². The number of halogens is 1. The topological polar surface area (TPSA) is 64.3 Å². The minimum Gasteiger partial charge on any atom is -1.00 e. The first kappa shape index (κ1) is 19.1. The van der Waals surface area contributed by atoms with Crippen LogP contribution < -0.4 is 27.4 Å². The van der Waals surface area contributed by atoms with E-state index in [1.807, 2.05) is 64.6 Å². The summed E-state index contributed by atoms with van der Waals surface area (Å²) in [5.74, 6) is 1.40. The largest absolute Gasteiger partial charge is 1.00 e. The summed E-state index contributed by atoms with van der Waals surface area (Å²) in [4.78, 5) is 0. The molecule has 0 aliphatic carbocycles. The van der Waals surface area contributed by atoms with E-state index in [2.05, 4.69) is 6.92 Å². The first-order chi connectivity index (χ1) is 11.6. The van der Waals surface area contributed by atoms with Gasteiger partial charge in [0.25, 0.3) is 0 Å². The van der Waals surface area contributed by atoms with Gasteiger partial charge in [-0.05, 0) is 38.1 Å². The summed E-state index contributed by atoms with van der Waals surface area (Å²) >= 11 is 0. The van der Waals surface area contributed by atoms with Gasteiger partial charge in [-0.15, -0.1) is 0 Å². The Morgan fingerprint density at radius 1 is 1.16 bits per heavy atom. The number of anilines is 1. The molecule has 3 N–H and O–H groups in total. The monoisotopic (exact) mass is 361 g/mol. The van der Waals surface area contributed by atoms with Crippen molar-refractivity contribution < 1.29 is 26.8 Å². The summed E-state index contributed by atoms with van der Waals surface area (Å²) in [6.07, 6.45) is -0.644. The smallest absolute Gasteiger partial charge is 0.356 e.